The van der Waals surface area contributed by atoms with Gasteiger partial charge in [0.2, 0.25) is 5.91 Å². The molecule has 1 unspecified atom stereocenters. The SMILES string of the molecule is CC(C(=O)Nc1ccccc1)n1cc(C(=O)O)nn1. The smallest absolute Gasteiger partial charge is 0.358 e. The number of aromatic nitrogens is 3. The number of para-hydroxylation sites is 1. The Morgan fingerprint density at radius 1 is 1.32 bits per heavy atom. The van der Waals surface area contributed by atoms with Crippen LogP contribution < -0.4 is 5.32 Å². The number of carboxylic acid groups (broad SMARTS) is 1. The zero-order valence-electron chi connectivity index (χ0n) is 10.1. The standard InChI is InChI=1S/C12H12N4O3/c1-8(16-7-10(12(18)19)14-15-16)11(17)13-9-5-3-2-4-6-9/h2-8H,1H3,(H,13,17)(H,18,19). The Balaban J connectivity index is 2.08. The number of amides is 1. The number of nitrogens with zero attached hydrogens (tertiary/aromatic N) is 3. The van der Waals surface area contributed by atoms with E-state index in [0.717, 1.165) is 0 Å². The molecule has 2 rings (SSSR count). The Kier molecular flexibility index (Phi) is 3.56. The molecule has 0 fully saturated rings. The number of rotatable bonds is 4. The topological polar surface area (TPSA) is 97.1 Å². The second kappa shape index (κ2) is 5.30. The summed E-state index contributed by atoms with van der Waals surface area (Å²) in [6, 6.07) is 8.32. The van der Waals surface area contributed by atoms with Crippen molar-refractivity contribution < 1.29 is 14.7 Å². The van der Waals surface area contributed by atoms with Gasteiger partial charge < -0.3 is 10.4 Å². The number of nitrogens with one attached hydrogen (secondary N) is 1. The summed E-state index contributed by atoms with van der Waals surface area (Å²) in [4.78, 5) is 22.6. The minimum absolute atomic E-state index is 0.195. The molecule has 0 aliphatic heterocycles. The number of aromatic carboxylic acids is 1. The van der Waals surface area contributed by atoms with Gasteiger partial charge in [-0.15, -0.1) is 5.10 Å². The Labute approximate surface area is 108 Å². The molecule has 0 aliphatic carbocycles. The van der Waals surface area contributed by atoms with Crippen LogP contribution >= 0.6 is 0 Å². The van der Waals surface area contributed by atoms with Crippen molar-refractivity contribution >= 4 is 17.6 Å². The molecule has 0 radical (unpaired) electrons. The molecule has 7 heteroatoms. The molecule has 1 heterocycles. The summed E-state index contributed by atoms with van der Waals surface area (Å²) >= 11 is 0. The third kappa shape index (κ3) is 2.95. The maximum atomic E-state index is 11.9. The zero-order valence-corrected chi connectivity index (χ0v) is 10.1. The number of carboxylic acids is 1. The number of hydrogen-bond acceptors (Lipinski definition) is 4. The summed E-state index contributed by atoms with van der Waals surface area (Å²) in [5, 5.41) is 18.5. The van der Waals surface area contributed by atoms with E-state index in [-0.39, 0.29) is 11.6 Å². The van der Waals surface area contributed by atoms with Crippen molar-refractivity contribution in [3.8, 4) is 0 Å². The van der Waals surface area contributed by atoms with E-state index in [0.29, 0.717) is 5.69 Å². The molecule has 0 saturated heterocycles. The Hall–Kier alpha value is -2.70. The molecule has 2 aromatic rings. The lowest BCUT2D eigenvalue weighted by Crippen LogP contribution is -2.24. The van der Waals surface area contributed by atoms with Crippen LogP contribution in [0, 0.1) is 0 Å². The molecule has 0 aliphatic rings. The summed E-state index contributed by atoms with van der Waals surface area (Å²) in [5.41, 5.74) is 0.470. The molecular formula is C12H12N4O3. The fraction of sp³-hybridized carbons (Fsp3) is 0.167. The van der Waals surface area contributed by atoms with Crippen molar-refractivity contribution in [2.45, 2.75) is 13.0 Å². The minimum atomic E-state index is -1.18. The number of anilines is 1. The highest BCUT2D eigenvalue weighted by Gasteiger charge is 2.18. The monoisotopic (exact) mass is 260 g/mol. The molecule has 1 amide bonds. The highest BCUT2D eigenvalue weighted by Crippen LogP contribution is 2.11. The first kappa shape index (κ1) is 12.7. The predicted octanol–water partition coefficient (Wildman–Crippen LogP) is 1.18. The molecule has 1 atom stereocenters. The number of benzene rings is 1. The van der Waals surface area contributed by atoms with Gasteiger partial charge in [0.15, 0.2) is 5.69 Å². The fourth-order valence-corrected chi connectivity index (χ4v) is 1.45. The summed E-state index contributed by atoms with van der Waals surface area (Å²) < 4.78 is 1.21. The van der Waals surface area contributed by atoms with E-state index in [1.807, 2.05) is 6.07 Å². The molecule has 0 bridgehead atoms. The molecule has 0 spiro atoms. The van der Waals surface area contributed by atoms with E-state index in [1.54, 1.807) is 31.2 Å². The van der Waals surface area contributed by atoms with E-state index in [4.69, 9.17) is 5.11 Å². The summed E-state index contributed by atoms with van der Waals surface area (Å²) in [6.07, 6.45) is 1.22. The van der Waals surface area contributed by atoms with E-state index in [2.05, 4.69) is 15.6 Å². The van der Waals surface area contributed by atoms with Crippen molar-refractivity contribution in [2.75, 3.05) is 5.32 Å². The van der Waals surface area contributed by atoms with Crippen molar-refractivity contribution in [2.24, 2.45) is 0 Å². The van der Waals surface area contributed by atoms with Gasteiger partial charge in [0.05, 0.1) is 6.20 Å². The minimum Gasteiger partial charge on any atom is -0.476 e. The Morgan fingerprint density at radius 2 is 2.00 bits per heavy atom. The van der Waals surface area contributed by atoms with Crippen molar-refractivity contribution in [1.29, 1.82) is 0 Å². The molecule has 7 nitrogen and oxygen atoms in total. The summed E-state index contributed by atoms with van der Waals surface area (Å²) in [5.74, 6) is -1.48. The molecule has 0 saturated carbocycles. The van der Waals surface area contributed by atoms with Crippen LogP contribution in [0.2, 0.25) is 0 Å². The lowest BCUT2D eigenvalue weighted by Gasteiger charge is -2.11. The maximum absolute atomic E-state index is 11.9. The van der Waals surface area contributed by atoms with Gasteiger partial charge in [-0.25, -0.2) is 9.48 Å². The lowest BCUT2D eigenvalue weighted by atomic mass is 10.2. The van der Waals surface area contributed by atoms with Gasteiger partial charge in [0.25, 0.3) is 0 Å². The molecule has 1 aromatic carbocycles. The van der Waals surface area contributed by atoms with E-state index >= 15 is 0 Å². The third-order valence-corrected chi connectivity index (χ3v) is 2.55. The fourth-order valence-electron chi connectivity index (χ4n) is 1.45. The highest BCUT2D eigenvalue weighted by atomic mass is 16.4. The summed E-state index contributed by atoms with van der Waals surface area (Å²) in [6.45, 7) is 1.61. The van der Waals surface area contributed by atoms with E-state index in [9.17, 15) is 9.59 Å². The first-order valence-electron chi connectivity index (χ1n) is 5.59. The van der Waals surface area contributed by atoms with Crippen LogP contribution in [0.15, 0.2) is 36.5 Å². The van der Waals surface area contributed by atoms with Gasteiger partial charge in [-0.3, -0.25) is 4.79 Å². The quantitative estimate of drug-likeness (QED) is 0.860. The molecule has 1 aromatic heterocycles. The average Bonchev–Trinajstić information content (AvgIpc) is 2.88. The lowest BCUT2D eigenvalue weighted by molar-refractivity contribution is -0.119. The van der Waals surface area contributed by atoms with Crippen LogP contribution in [0.5, 0.6) is 0 Å². The molecular weight excluding hydrogens is 248 g/mol. The number of carbonyl (C=O) groups excluding carboxylic acids is 1. The van der Waals surface area contributed by atoms with Gasteiger partial charge in [-0.05, 0) is 19.1 Å². The maximum Gasteiger partial charge on any atom is 0.358 e. The van der Waals surface area contributed by atoms with Gasteiger partial charge in [-0.2, -0.15) is 0 Å². The first-order valence-corrected chi connectivity index (χ1v) is 5.59. The molecule has 98 valence electrons. The largest absolute Gasteiger partial charge is 0.476 e. The Bertz CT molecular complexity index is 594. The zero-order chi connectivity index (χ0) is 13.8. The van der Waals surface area contributed by atoms with Crippen molar-refractivity contribution in [3.63, 3.8) is 0 Å². The normalized spacial score (nSPS) is 11.8. The molecule has 19 heavy (non-hydrogen) atoms. The van der Waals surface area contributed by atoms with Gasteiger partial charge in [0.1, 0.15) is 6.04 Å². The van der Waals surface area contributed by atoms with Crippen LogP contribution in [0.1, 0.15) is 23.5 Å². The number of hydrogen-bond donors (Lipinski definition) is 2. The number of carbonyl (C=O) groups is 2. The van der Waals surface area contributed by atoms with Crippen molar-refractivity contribution in [1.82, 2.24) is 15.0 Å². The second-order valence-corrected chi connectivity index (χ2v) is 3.92. The van der Waals surface area contributed by atoms with Crippen LogP contribution in [0.4, 0.5) is 5.69 Å². The van der Waals surface area contributed by atoms with E-state index in [1.165, 1.54) is 10.9 Å². The van der Waals surface area contributed by atoms with Gasteiger partial charge in [-0.1, -0.05) is 23.4 Å². The van der Waals surface area contributed by atoms with Crippen LogP contribution in [-0.4, -0.2) is 32.0 Å². The Morgan fingerprint density at radius 3 is 2.58 bits per heavy atom. The van der Waals surface area contributed by atoms with Crippen molar-refractivity contribution in [3.05, 3.63) is 42.2 Å². The van der Waals surface area contributed by atoms with Gasteiger partial charge in [0, 0.05) is 5.69 Å². The second-order valence-electron chi connectivity index (χ2n) is 3.92. The summed E-state index contributed by atoms with van der Waals surface area (Å²) in [7, 11) is 0. The van der Waals surface area contributed by atoms with Crippen LogP contribution in [0.25, 0.3) is 0 Å². The highest BCUT2D eigenvalue weighted by molar-refractivity contribution is 5.93. The molecule has 2 N–H and O–H groups in total. The van der Waals surface area contributed by atoms with Crippen LogP contribution in [0.3, 0.4) is 0 Å². The average molecular weight is 260 g/mol. The van der Waals surface area contributed by atoms with Crippen LogP contribution in [-0.2, 0) is 4.79 Å². The van der Waals surface area contributed by atoms with Gasteiger partial charge >= 0.3 is 5.97 Å². The first-order chi connectivity index (χ1) is 9.08. The predicted molar refractivity (Wildman–Crippen MR) is 66.8 cm³/mol. The van der Waals surface area contributed by atoms with E-state index < -0.39 is 12.0 Å². The third-order valence-electron chi connectivity index (χ3n) is 2.55.